The van der Waals surface area contributed by atoms with Gasteiger partial charge in [-0.05, 0) is 69.7 Å². The lowest BCUT2D eigenvalue weighted by Crippen LogP contribution is -2.40. The van der Waals surface area contributed by atoms with Gasteiger partial charge in [-0.2, -0.15) is 0 Å². The Labute approximate surface area is 250 Å². The van der Waals surface area contributed by atoms with Crippen LogP contribution in [0.15, 0.2) is 80.1 Å². The molecule has 0 fully saturated rings. The first kappa shape index (κ1) is 29.6. The highest BCUT2D eigenvalue weighted by Gasteiger charge is 2.34. The number of allylic oxidation sites excluding steroid dienone is 1. The van der Waals surface area contributed by atoms with Crippen molar-refractivity contribution in [2.24, 2.45) is 4.99 Å². The van der Waals surface area contributed by atoms with Crippen LogP contribution in [0.4, 0.5) is 0 Å². The second-order valence-electron chi connectivity index (χ2n) is 9.96. The summed E-state index contributed by atoms with van der Waals surface area (Å²) in [6, 6.07) is 14.3. The maximum Gasteiger partial charge on any atom is 0.338 e. The summed E-state index contributed by atoms with van der Waals surface area (Å²) in [6.45, 7) is 7.42. The molecule has 0 radical (unpaired) electrons. The second-order valence-corrected chi connectivity index (χ2v) is 11.0. The van der Waals surface area contributed by atoms with E-state index in [2.05, 4.69) is 4.99 Å². The van der Waals surface area contributed by atoms with Crippen LogP contribution in [0.25, 0.3) is 17.4 Å². The van der Waals surface area contributed by atoms with Crippen molar-refractivity contribution < 1.29 is 33.3 Å². The van der Waals surface area contributed by atoms with Crippen LogP contribution in [0.2, 0.25) is 0 Å². The molecule has 2 aromatic heterocycles. The summed E-state index contributed by atoms with van der Waals surface area (Å²) in [5.41, 5.74) is 1.84. The van der Waals surface area contributed by atoms with Crippen molar-refractivity contribution in [3.63, 3.8) is 0 Å². The molecule has 0 saturated heterocycles. The van der Waals surface area contributed by atoms with Crippen molar-refractivity contribution >= 4 is 29.4 Å². The number of hydrogen-bond donors (Lipinski definition) is 1. The molecule has 0 spiro atoms. The Balaban J connectivity index is 1.61. The highest BCUT2D eigenvalue weighted by atomic mass is 32.1. The number of rotatable bonds is 9. The maximum absolute atomic E-state index is 13.9. The van der Waals surface area contributed by atoms with Gasteiger partial charge in [0.1, 0.15) is 11.5 Å². The number of furan rings is 1. The van der Waals surface area contributed by atoms with Gasteiger partial charge in [0.05, 0.1) is 47.2 Å². The third-order valence-corrected chi connectivity index (χ3v) is 7.68. The van der Waals surface area contributed by atoms with Gasteiger partial charge in [-0.1, -0.05) is 29.5 Å². The number of carboxylic acid groups (broad SMARTS) is 1. The molecule has 1 atom stereocenters. The molecule has 1 aliphatic rings. The topological polar surface area (TPSA) is 130 Å². The zero-order valence-corrected chi connectivity index (χ0v) is 25.1. The summed E-state index contributed by atoms with van der Waals surface area (Å²) in [5.74, 6) is 0.375. The predicted octanol–water partition coefficient (Wildman–Crippen LogP) is 4.55. The number of thiazole rings is 1. The van der Waals surface area contributed by atoms with Crippen LogP contribution >= 0.6 is 11.3 Å². The summed E-state index contributed by atoms with van der Waals surface area (Å²) in [7, 11) is 1.53. The molecule has 0 unspecified atom stereocenters. The van der Waals surface area contributed by atoms with E-state index in [1.807, 2.05) is 13.8 Å². The SMILES string of the molecule is CCOC(=O)C1=C(C)N=c2s/c(=C\c3ccc(-c4ccc(C(=O)O)cc4)o3)c(=O)n2[C@@H]1c1ccc(OC(C)C)c(OC)c1. The van der Waals surface area contributed by atoms with Crippen LogP contribution in [0.5, 0.6) is 11.5 Å². The van der Waals surface area contributed by atoms with Crippen molar-refractivity contribution in [2.45, 2.75) is 39.8 Å². The molecule has 0 amide bonds. The molecule has 1 aliphatic heterocycles. The molecular formula is C32H30N2O8S. The van der Waals surface area contributed by atoms with Gasteiger partial charge in [0, 0.05) is 11.6 Å². The fourth-order valence-electron chi connectivity index (χ4n) is 4.80. The number of esters is 1. The highest BCUT2D eigenvalue weighted by molar-refractivity contribution is 7.07. The van der Waals surface area contributed by atoms with Crippen LogP contribution in [0.1, 0.15) is 55.4 Å². The molecule has 0 saturated carbocycles. The first-order chi connectivity index (χ1) is 20.6. The smallest absolute Gasteiger partial charge is 0.338 e. The zero-order valence-electron chi connectivity index (χ0n) is 24.2. The van der Waals surface area contributed by atoms with Gasteiger partial charge in [0.2, 0.25) is 0 Å². The lowest BCUT2D eigenvalue weighted by molar-refractivity contribution is -0.139. The quantitative estimate of drug-likeness (QED) is 0.276. The van der Waals surface area contributed by atoms with E-state index in [0.717, 1.165) is 0 Å². The van der Waals surface area contributed by atoms with Crippen LogP contribution < -0.4 is 24.4 Å². The second kappa shape index (κ2) is 12.1. The summed E-state index contributed by atoms with van der Waals surface area (Å²) >= 11 is 1.18. The molecule has 10 nitrogen and oxygen atoms in total. The number of carboxylic acids is 1. The van der Waals surface area contributed by atoms with E-state index in [9.17, 15) is 14.4 Å². The summed E-state index contributed by atoms with van der Waals surface area (Å²) in [4.78, 5) is 43.3. The Morgan fingerprint density at radius 1 is 1.12 bits per heavy atom. The van der Waals surface area contributed by atoms with Crippen LogP contribution in [0, 0.1) is 0 Å². The summed E-state index contributed by atoms with van der Waals surface area (Å²) in [5, 5.41) is 9.15. The first-order valence-electron chi connectivity index (χ1n) is 13.6. The van der Waals surface area contributed by atoms with Gasteiger partial charge >= 0.3 is 11.9 Å². The minimum absolute atomic E-state index is 0.0825. The van der Waals surface area contributed by atoms with Crippen LogP contribution in [-0.2, 0) is 9.53 Å². The monoisotopic (exact) mass is 602 g/mol. The molecule has 43 heavy (non-hydrogen) atoms. The molecule has 2 aromatic carbocycles. The number of carbonyl (C=O) groups excluding carboxylic acids is 1. The van der Waals surface area contributed by atoms with Crippen LogP contribution in [0.3, 0.4) is 0 Å². The van der Waals surface area contributed by atoms with Crippen molar-refractivity contribution in [3.05, 3.63) is 102 Å². The van der Waals surface area contributed by atoms with Crippen molar-refractivity contribution in [1.29, 1.82) is 0 Å². The van der Waals surface area contributed by atoms with Crippen molar-refractivity contribution in [2.75, 3.05) is 13.7 Å². The standard InChI is InChI=1S/C32H30N2O8S/c1-6-40-31(38)27-18(4)33-32-34(28(27)21-11-13-24(41-17(2)3)25(15-21)39-5)29(35)26(43-32)16-22-12-14-23(42-22)19-7-9-20(10-8-19)30(36)37/h7-17,28H,6H2,1-5H3,(H,36,37)/b26-16-/t28-/m1/s1. The third kappa shape index (κ3) is 5.89. The number of aromatic carboxylic acids is 1. The van der Waals surface area contributed by atoms with Gasteiger partial charge in [0.25, 0.3) is 5.56 Å². The minimum Gasteiger partial charge on any atom is -0.493 e. The summed E-state index contributed by atoms with van der Waals surface area (Å²) in [6.07, 6.45) is 1.54. The highest BCUT2D eigenvalue weighted by Crippen LogP contribution is 2.36. The maximum atomic E-state index is 13.9. The van der Waals surface area contributed by atoms with E-state index in [-0.39, 0.29) is 29.4 Å². The fraction of sp³-hybridized carbons (Fsp3) is 0.250. The molecule has 1 N–H and O–H groups in total. The Kier molecular flexibility index (Phi) is 8.36. The molecule has 222 valence electrons. The van der Waals surface area contributed by atoms with Crippen molar-refractivity contribution in [3.8, 4) is 22.8 Å². The third-order valence-electron chi connectivity index (χ3n) is 6.70. The Hall–Kier alpha value is -4.90. The normalized spacial score (nSPS) is 14.8. The van der Waals surface area contributed by atoms with Gasteiger partial charge < -0.3 is 23.7 Å². The number of benzene rings is 2. The lowest BCUT2D eigenvalue weighted by Gasteiger charge is -2.25. The Morgan fingerprint density at radius 2 is 1.86 bits per heavy atom. The van der Waals surface area contributed by atoms with Gasteiger partial charge in [-0.3, -0.25) is 9.36 Å². The molecule has 5 rings (SSSR count). The van der Waals surface area contributed by atoms with E-state index in [1.165, 1.54) is 35.1 Å². The number of fused-ring (bicyclic) bond motifs is 1. The lowest BCUT2D eigenvalue weighted by atomic mass is 9.95. The Bertz CT molecular complexity index is 1910. The predicted molar refractivity (Wildman–Crippen MR) is 160 cm³/mol. The van der Waals surface area contributed by atoms with E-state index in [0.29, 0.717) is 49.2 Å². The molecule has 11 heteroatoms. The molecule has 3 heterocycles. The first-order valence-corrected chi connectivity index (χ1v) is 14.4. The van der Waals surface area contributed by atoms with Crippen molar-refractivity contribution in [1.82, 2.24) is 4.57 Å². The van der Waals surface area contributed by atoms with Gasteiger partial charge in [0.15, 0.2) is 16.3 Å². The number of ether oxygens (including phenoxy) is 3. The van der Waals surface area contributed by atoms with E-state index >= 15 is 0 Å². The Morgan fingerprint density at radius 3 is 2.51 bits per heavy atom. The number of nitrogens with zero attached hydrogens (tertiary/aromatic N) is 2. The number of hydrogen-bond acceptors (Lipinski definition) is 9. The number of aromatic nitrogens is 1. The molecule has 0 bridgehead atoms. The van der Waals surface area contributed by atoms with E-state index < -0.39 is 18.0 Å². The molecule has 0 aliphatic carbocycles. The van der Waals surface area contributed by atoms with E-state index in [4.69, 9.17) is 23.7 Å². The van der Waals surface area contributed by atoms with Gasteiger partial charge in [-0.25, -0.2) is 14.6 Å². The van der Waals surface area contributed by atoms with Gasteiger partial charge in [-0.15, -0.1) is 0 Å². The minimum atomic E-state index is -1.01. The number of methoxy groups -OCH3 is 1. The fourth-order valence-corrected chi connectivity index (χ4v) is 5.83. The largest absolute Gasteiger partial charge is 0.493 e. The molecular weight excluding hydrogens is 572 g/mol. The average molecular weight is 603 g/mol. The number of carbonyl (C=O) groups is 2. The van der Waals surface area contributed by atoms with E-state index in [1.54, 1.807) is 62.4 Å². The average Bonchev–Trinajstić information content (AvgIpc) is 3.56. The zero-order chi connectivity index (χ0) is 30.8. The van der Waals surface area contributed by atoms with Crippen LogP contribution in [-0.4, -0.2) is 41.4 Å². The molecule has 4 aromatic rings. The summed E-state index contributed by atoms with van der Waals surface area (Å²) < 4.78 is 24.7.